The van der Waals surface area contributed by atoms with E-state index in [-0.39, 0.29) is 5.56 Å². The van der Waals surface area contributed by atoms with E-state index >= 15 is 8.78 Å². The van der Waals surface area contributed by atoms with Crippen LogP contribution in [0.25, 0.3) is 0 Å². The maximum Gasteiger partial charge on any atom is 0.322 e. The minimum atomic E-state index is -3.70. The van der Waals surface area contributed by atoms with Gasteiger partial charge in [-0.2, -0.15) is 14.0 Å². The molecule has 2 aromatic heterocycles. The lowest BCUT2D eigenvalue weighted by Gasteiger charge is -2.38. The van der Waals surface area contributed by atoms with E-state index in [0.29, 0.717) is 16.7 Å². The Labute approximate surface area is 173 Å². The van der Waals surface area contributed by atoms with Gasteiger partial charge in [0.15, 0.2) is 5.60 Å². The summed E-state index contributed by atoms with van der Waals surface area (Å²) in [7, 11) is 0. The molecule has 0 aliphatic heterocycles. The number of halogens is 2. The van der Waals surface area contributed by atoms with Gasteiger partial charge in [0.2, 0.25) is 0 Å². The minimum absolute atomic E-state index is 0.0898. The van der Waals surface area contributed by atoms with Crippen LogP contribution in [0.15, 0.2) is 61.3 Å². The summed E-state index contributed by atoms with van der Waals surface area (Å²) in [4.78, 5) is 11.4. The quantitative estimate of drug-likeness (QED) is 0.669. The highest BCUT2D eigenvalue weighted by Gasteiger charge is 2.58. The molecule has 0 fully saturated rings. The zero-order valence-electron chi connectivity index (χ0n) is 16.3. The minimum Gasteiger partial charge on any atom is -0.378 e. The second-order valence-electron chi connectivity index (χ2n) is 7.00. The summed E-state index contributed by atoms with van der Waals surface area (Å²) in [6.45, 7) is 2.99. The smallest absolute Gasteiger partial charge is 0.322 e. The Morgan fingerprint density at radius 1 is 0.967 bits per heavy atom. The summed E-state index contributed by atoms with van der Waals surface area (Å²) < 4.78 is 30.7. The van der Waals surface area contributed by atoms with Crippen LogP contribution in [-0.4, -0.2) is 20.1 Å². The van der Waals surface area contributed by atoms with Crippen molar-refractivity contribution >= 4 is 0 Å². The van der Waals surface area contributed by atoms with Crippen molar-refractivity contribution in [1.29, 1.82) is 5.26 Å². The molecular weight excluding hydrogens is 386 g/mol. The van der Waals surface area contributed by atoms with Gasteiger partial charge in [0.1, 0.15) is 12.0 Å². The first-order valence-electron chi connectivity index (χ1n) is 9.13. The van der Waals surface area contributed by atoms with Crippen molar-refractivity contribution in [2.75, 3.05) is 0 Å². The van der Waals surface area contributed by atoms with Crippen molar-refractivity contribution in [3.8, 4) is 17.9 Å². The predicted octanol–water partition coefficient (Wildman–Crippen LogP) is 3.78. The van der Waals surface area contributed by atoms with Crippen LogP contribution in [0.3, 0.4) is 0 Å². The summed E-state index contributed by atoms with van der Waals surface area (Å²) >= 11 is 0. The zero-order chi connectivity index (χ0) is 21.8. The number of hydrogen-bond donors (Lipinski definition) is 1. The third-order valence-corrected chi connectivity index (χ3v) is 4.74. The molecule has 0 saturated heterocycles. The number of nitriles is 1. The Balaban J connectivity index is 1.93. The van der Waals surface area contributed by atoms with Crippen molar-refractivity contribution in [2.24, 2.45) is 5.92 Å². The molecule has 0 aliphatic rings. The SMILES string of the molecule is CC(C)C(O)(c1cncnc1)C(F)(F)c1ccc(C#Cc2cccc(C#N)c2)cn1. The van der Waals surface area contributed by atoms with Gasteiger partial charge >= 0.3 is 5.92 Å². The summed E-state index contributed by atoms with van der Waals surface area (Å²) in [6, 6.07) is 11.3. The Kier molecular flexibility index (Phi) is 5.86. The Hall–Kier alpha value is -3.68. The van der Waals surface area contributed by atoms with Crippen molar-refractivity contribution in [3.05, 3.63) is 89.3 Å². The average Bonchev–Trinajstić information content (AvgIpc) is 2.77. The first kappa shape index (κ1) is 21.0. The van der Waals surface area contributed by atoms with Gasteiger partial charge in [-0.15, -0.1) is 0 Å². The number of pyridine rings is 1. The van der Waals surface area contributed by atoms with Gasteiger partial charge < -0.3 is 5.11 Å². The highest BCUT2D eigenvalue weighted by molar-refractivity contribution is 5.45. The number of benzene rings is 1. The van der Waals surface area contributed by atoms with E-state index in [4.69, 9.17) is 5.26 Å². The summed E-state index contributed by atoms with van der Waals surface area (Å²) in [6.07, 6.45) is 4.79. The molecule has 30 heavy (non-hydrogen) atoms. The lowest BCUT2D eigenvalue weighted by molar-refractivity contribution is -0.220. The molecule has 3 rings (SSSR count). The molecular formula is C23H18F2N4O. The number of aliphatic hydroxyl groups is 1. The lowest BCUT2D eigenvalue weighted by Crippen LogP contribution is -2.48. The average molecular weight is 404 g/mol. The number of hydrogen-bond acceptors (Lipinski definition) is 5. The van der Waals surface area contributed by atoms with Crippen LogP contribution in [0.1, 0.15) is 41.8 Å². The molecule has 0 amide bonds. The zero-order valence-corrected chi connectivity index (χ0v) is 16.3. The summed E-state index contributed by atoms with van der Waals surface area (Å²) in [5, 5.41) is 19.9. The van der Waals surface area contributed by atoms with Gasteiger partial charge in [0.05, 0.1) is 11.6 Å². The van der Waals surface area contributed by atoms with Crippen molar-refractivity contribution in [1.82, 2.24) is 15.0 Å². The van der Waals surface area contributed by atoms with Gasteiger partial charge in [-0.3, -0.25) is 4.98 Å². The molecule has 1 N–H and O–H groups in total. The van der Waals surface area contributed by atoms with Crippen LogP contribution in [0.2, 0.25) is 0 Å². The fraction of sp³-hybridized carbons (Fsp3) is 0.217. The molecule has 1 atom stereocenters. The number of rotatable bonds is 4. The lowest BCUT2D eigenvalue weighted by atomic mass is 9.78. The third-order valence-electron chi connectivity index (χ3n) is 4.74. The molecule has 0 aliphatic carbocycles. The Bertz CT molecular complexity index is 1130. The fourth-order valence-electron chi connectivity index (χ4n) is 3.03. The van der Waals surface area contributed by atoms with Crippen molar-refractivity contribution in [2.45, 2.75) is 25.4 Å². The largest absolute Gasteiger partial charge is 0.378 e. The molecule has 1 aromatic carbocycles. The molecule has 0 radical (unpaired) electrons. The van der Waals surface area contributed by atoms with Crippen LogP contribution in [0, 0.1) is 29.1 Å². The van der Waals surface area contributed by atoms with Crippen molar-refractivity contribution < 1.29 is 13.9 Å². The molecule has 150 valence electrons. The molecule has 1 unspecified atom stereocenters. The first-order valence-corrected chi connectivity index (χ1v) is 9.13. The van der Waals surface area contributed by atoms with Gasteiger partial charge in [-0.25, -0.2) is 9.97 Å². The normalized spacial score (nSPS) is 13.1. The van der Waals surface area contributed by atoms with Gasteiger partial charge in [-0.1, -0.05) is 31.8 Å². The van der Waals surface area contributed by atoms with E-state index in [0.717, 1.165) is 6.07 Å². The standard InChI is InChI=1S/C23H18F2N4O/c1-16(2)22(30,20-13-27-15-28-14-20)23(24,25)21-9-8-18(12-29-21)7-6-17-4-3-5-19(10-17)11-26/h3-5,8-10,12-16,30H,1-2H3. The highest BCUT2D eigenvalue weighted by atomic mass is 19.3. The van der Waals surface area contributed by atoms with Crippen LogP contribution >= 0.6 is 0 Å². The van der Waals surface area contributed by atoms with Crippen LogP contribution in [-0.2, 0) is 11.5 Å². The molecule has 0 saturated carbocycles. The molecule has 5 nitrogen and oxygen atoms in total. The number of aromatic nitrogens is 3. The maximum atomic E-state index is 15.4. The van der Waals surface area contributed by atoms with Crippen LogP contribution < -0.4 is 0 Å². The predicted molar refractivity (Wildman–Crippen MR) is 106 cm³/mol. The molecule has 3 aromatic rings. The van der Waals surface area contributed by atoms with Gasteiger partial charge in [-0.05, 0) is 36.2 Å². The molecule has 2 heterocycles. The van der Waals surface area contributed by atoms with Crippen LogP contribution in [0.4, 0.5) is 8.78 Å². The van der Waals surface area contributed by atoms with E-state index in [1.165, 1.54) is 44.8 Å². The van der Waals surface area contributed by atoms with E-state index in [1.54, 1.807) is 24.3 Å². The number of nitrogens with zero attached hydrogens (tertiary/aromatic N) is 4. The maximum absolute atomic E-state index is 15.4. The van der Waals surface area contributed by atoms with E-state index in [1.807, 2.05) is 6.07 Å². The number of alkyl halides is 2. The fourth-order valence-corrected chi connectivity index (χ4v) is 3.03. The molecule has 0 bridgehead atoms. The molecule has 0 spiro atoms. The topological polar surface area (TPSA) is 82.7 Å². The van der Waals surface area contributed by atoms with Crippen LogP contribution in [0.5, 0.6) is 0 Å². The van der Waals surface area contributed by atoms with E-state index in [9.17, 15) is 5.11 Å². The monoisotopic (exact) mass is 404 g/mol. The summed E-state index contributed by atoms with van der Waals surface area (Å²) in [5.41, 5.74) is -1.68. The van der Waals surface area contributed by atoms with E-state index < -0.39 is 23.1 Å². The Morgan fingerprint density at radius 3 is 2.23 bits per heavy atom. The van der Waals surface area contributed by atoms with Gasteiger partial charge in [0.25, 0.3) is 0 Å². The highest BCUT2D eigenvalue weighted by Crippen LogP contribution is 2.48. The van der Waals surface area contributed by atoms with Crippen molar-refractivity contribution in [3.63, 3.8) is 0 Å². The second-order valence-corrected chi connectivity index (χ2v) is 7.00. The van der Waals surface area contributed by atoms with Gasteiger partial charge in [0, 0.05) is 35.3 Å². The Morgan fingerprint density at radius 2 is 1.63 bits per heavy atom. The molecule has 7 heteroatoms. The van der Waals surface area contributed by atoms with E-state index in [2.05, 4.69) is 26.8 Å². The second kappa shape index (κ2) is 8.36. The third kappa shape index (κ3) is 3.89. The first-order chi connectivity index (χ1) is 14.3. The summed E-state index contributed by atoms with van der Waals surface area (Å²) in [5.74, 6) is 1.17.